The molecule has 0 aromatic carbocycles. The van der Waals surface area contributed by atoms with Gasteiger partial charge in [-0.1, -0.05) is 6.57 Å². The molecule has 19 heavy (non-hydrogen) atoms. The van der Waals surface area contributed by atoms with Gasteiger partial charge in [0.15, 0.2) is 0 Å². The van der Waals surface area contributed by atoms with Crippen LogP contribution >= 0.6 is 0 Å². The average Bonchev–Trinajstić information content (AvgIpc) is 2.59. The van der Waals surface area contributed by atoms with Crippen molar-refractivity contribution in [2.75, 3.05) is 13.1 Å². The Balaban J connectivity index is 2.02. The summed E-state index contributed by atoms with van der Waals surface area (Å²) in [4.78, 5) is 17.0. The molecule has 102 valence electrons. The van der Waals surface area contributed by atoms with E-state index < -0.39 is 5.60 Å². The molecule has 1 aliphatic rings. The van der Waals surface area contributed by atoms with Crippen molar-refractivity contribution in [1.82, 2.24) is 14.7 Å². The Morgan fingerprint density at radius 3 is 2.79 bits per heavy atom. The standard InChI is InChI=1S/C13H18N4O2/c1-13(2,3)19-12(18)16-6-5-10-9-11(14-4)15-17(10)8-7-16/h9H,5-8H2,1-3H3. The first kappa shape index (κ1) is 13.4. The maximum Gasteiger partial charge on any atom is 0.410 e. The van der Waals surface area contributed by atoms with Crippen molar-refractivity contribution in [1.29, 1.82) is 0 Å². The zero-order valence-corrected chi connectivity index (χ0v) is 11.5. The van der Waals surface area contributed by atoms with Crippen LogP contribution in [0, 0.1) is 6.57 Å². The van der Waals surface area contributed by atoms with Gasteiger partial charge in [0, 0.05) is 19.5 Å². The first-order chi connectivity index (χ1) is 8.89. The van der Waals surface area contributed by atoms with Gasteiger partial charge in [-0.05, 0) is 31.9 Å². The van der Waals surface area contributed by atoms with E-state index in [-0.39, 0.29) is 6.09 Å². The normalized spacial score (nSPS) is 15.4. The highest BCUT2D eigenvalue weighted by molar-refractivity contribution is 5.68. The van der Waals surface area contributed by atoms with Crippen LogP contribution in [0.3, 0.4) is 0 Å². The highest BCUT2D eigenvalue weighted by atomic mass is 16.6. The smallest absolute Gasteiger partial charge is 0.410 e. The lowest BCUT2D eigenvalue weighted by Crippen LogP contribution is -2.38. The van der Waals surface area contributed by atoms with Crippen LogP contribution in [0.25, 0.3) is 4.85 Å². The minimum Gasteiger partial charge on any atom is -0.444 e. The second-order valence-corrected chi connectivity index (χ2v) is 5.55. The fourth-order valence-corrected chi connectivity index (χ4v) is 1.98. The zero-order chi connectivity index (χ0) is 14.0. The number of amides is 1. The van der Waals surface area contributed by atoms with Crippen molar-refractivity contribution in [3.05, 3.63) is 23.2 Å². The van der Waals surface area contributed by atoms with E-state index in [9.17, 15) is 4.79 Å². The predicted molar refractivity (Wildman–Crippen MR) is 70.0 cm³/mol. The van der Waals surface area contributed by atoms with Crippen molar-refractivity contribution in [2.45, 2.75) is 39.3 Å². The molecule has 1 aromatic heterocycles. The SMILES string of the molecule is [C-]#[N+]c1cc2n(n1)CCN(C(=O)OC(C)(C)C)CC2. The van der Waals surface area contributed by atoms with E-state index in [4.69, 9.17) is 11.3 Å². The van der Waals surface area contributed by atoms with Gasteiger partial charge in [-0.15, -0.1) is 0 Å². The molecule has 0 aliphatic carbocycles. The molecule has 0 N–H and O–H groups in total. The Labute approximate surface area is 112 Å². The topological polar surface area (TPSA) is 51.7 Å². The van der Waals surface area contributed by atoms with Gasteiger partial charge in [-0.25, -0.2) is 4.79 Å². The Kier molecular flexibility index (Phi) is 3.47. The van der Waals surface area contributed by atoms with E-state index in [1.165, 1.54) is 0 Å². The molecular weight excluding hydrogens is 244 g/mol. The average molecular weight is 262 g/mol. The summed E-state index contributed by atoms with van der Waals surface area (Å²) in [6.45, 7) is 14.3. The monoisotopic (exact) mass is 262 g/mol. The summed E-state index contributed by atoms with van der Waals surface area (Å²) in [6, 6.07) is 1.78. The molecule has 1 amide bonds. The number of rotatable bonds is 0. The first-order valence-electron chi connectivity index (χ1n) is 6.31. The van der Waals surface area contributed by atoms with Gasteiger partial charge in [-0.2, -0.15) is 4.68 Å². The molecule has 6 nitrogen and oxygen atoms in total. The lowest BCUT2D eigenvalue weighted by atomic mass is 10.2. The highest BCUT2D eigenvalue weighted by Crippen LogP contribution is 2.17. The maximum absolute atomic E-state index is 12.0. The Bertz CT molecular complexity index is 496. The summed E-state index contributed by atoms with van der Waals surface area (Å²) >= 11 is 0. The highest BCUT2D eigenvalue weighted by Gasteiger charge is 2.25. The van der Waals surface area contributed by atoms with E-state index in [0.717, 1.165) is 5.69 Å². The number of aromatic nitrogens is 2. The van der Waals surface area contributed by atoms with Gasteiger partial charge in [0.1, 0.15) is 5.60 Å². The summed E-state index contributed by atoms with van der Waals surface area (Å²) in [7, 11) is 0. The molecule has 6 heteroatoms. The van der Waals surface area contributed by atoms with Crippen LogP contribution in [0.4, 0.5) is 10.6 Å². The van der Waals surface area contributed by atoms with Gasteiger partial charge in [0.2, 0.25) is 0 Å². The van der Waals surface area contributed by atoms with Crippen LogP contribution in [0.15, 0.2) is 6.07 Å². The van der Waals surface area contributed by atoms with Gasteiger partial charge in [0.25, 0.3) is 5.82 Å². The third-order valence-electron chi connectivity index (χ3n) is 2.84. The third kappa shape index (κ3) is 3.25. The Morgan fingerprint density at radius 2 is 2.16 bits per heavy atom. The lowest BCUT2D eigenvalue weighted by molar-refractivity contribution is 0.0253. The molecule has 0 bridgehead atoms. The van der Waals surface area contributed by atoms with E-state index in [2.05, 4.69) is 9.94 Å². The van der Waals surface area contributed by atoms with Crippen molar-refractivity contribution in [3.63, 3.8) is 0 Å². The fourth-order valence-electron chi connectivity index (χ4n) is 1.98. The van der Waals surface area contributed by atoms with Gasteiger partial charge < -0.3 is 14.5 Å². The second-order valence-electron chi connectivity index (χ2n) is 5.55. The largest absolute Gasteiger partial charge is 0.444 e. The van der Waals surface area contributed by atoms with Crippen LogP contribution in [0.5, 0.6) is 0 Å². The van der Waals surface area contributed by atoms with Crippen LogP contribution in [0.2, 0.25) is 0 Å². The predicted octanol–water partition coefficient (Wildman–Crippen LogP) is 2.23. The summed E-state index contributed by atoms with van der Waals surface area (Å²) in [5.41, 5.74) is 0.519. The van der Waals surface area contributed by atoms with E-state index in [1.807, 2.05) is 20.8 Å². The van der Waals surface area contributed by atoms with Crippen molar-refractivity contribution in [3.8, 4) is 0 Å². The molecule has 0 spiro atoms. The summed E-state index contributed by atoms with van der Waals surface area (Å²) in [5.74, 6) is 0.417. The van der Waals surface area contributed by atoms with Crippen molar-refractivity contribution >= 4 is 11.9 Å². The molecule has 0 atom stereocenters. The number of ether oxygens (including phenoxy) is 1. The Morgan fingerprint density at radius 1 is 1.42 bits per heavy atom. The molecule has 0 saturated carbocycles. The van der Waals surface area contributed by atoms with Gasteiger partial charge in [-0.3, -0.25) is 0 Å². The molecule has 2 heterocycles. The van der Waals surface area contributed by atoms with Crippen LogP contribution in [0.1, 0.15) is 26.5 Å². The fraction of sp³-hybridized carbons (Fsp3) is 0.615. The summed E-state index contributed by atoms with van der Waals surface area (Å²) < 4.78 is 7.17. The van der Waals surface area contributed by atoms with E-state index in [1.54, 1.807) is 15.6 Å². The number of hydrogen-bond donors (Lipinski definition) is 0. The minimum absolute atomic E-state index is 0.288. The van der Waals surface area contributed by atoms with Crippen molar-refractivity contribution in [2.24, 2.45) is 0 Å². The Hall–Kier alpha value is -2.03. The summed E-state index contributed by atoms with van der Waals surface area (Å²) in [5, 5.41) is 4.18. The van der Waals surface area contributed by atoms with E-state index >= 15 is 0 Å². The number of nitrogens with zero attached hydrogens (tertiary/aromatic N) is 4. The summed E-state index contributed by atoms with van der Waals surface area (Å²) in [6.07, 6.45) is 0.408. The van der Waals surface area contributed by atoms with Crippen LogP contribution in [-0.4, -0.2) is 39.5 Å². The quantitative estimate of drug-likeness (QED) is 0.674. The molecule has 0 saturated heterocycles. The second kappa shape index (κ2) is 4.92. The molecule has 1 aliphatic heterocycles. The third-order valence-corrected chi connectivity index (χ3v) is 2.84. The number of carbonyl (C=O) groups excluding carboxylic acids is 1. The minimum atomic E-state index is -0.478. The molecule has 0 fully saturated rings. The van der Waals surface area contributed by atoms with Gasteiger partial charge >= 0.3 is 6.09 Å². The first-order valence-corrected chi connectivity index (χ1v) is 6.31. The van der Waals surface area contributed by atoms with E-state index in [0.29, 0.717) is 31.9 Å². The lowest BCUT2D eigenvalue weighted by Gasteiger charge is -2.26. The number of hydrogen-bond acceptors (Lipinski definition) is 3. The molecule has 0 radical (unpaired) electrons. The molecule has 0 unspecified atom stereocenters. The zero-order valence-electron chi connectivity index (χ0n) is 11.5. The number of fused-ring (bicyclic) bond motifs is 1. The van der Waals surface area contributed by atoms with Crippen LogP contribution < -0.4 is 0 Å². The molecule has 1 aromatic rings. The van der Waals surface area contributed by atoms with Gasteiger partial charge in [0.05, 0.1) is 12.2 Å². The van der Waals surface area contributed by atoms with Crippen molar-refractivity contribution < 1.29 is 9.53 Å². The maximum atomic E-state index is 12.0. The number of carbonyl (C=O) groups is 1. The molecule has 2 rings (SSSR count). The van der Waals surface area contributed by atoms with Crippen LogP contribution in [-0.2, 0) is 17.7 Å². The molecular formula is C13H18N4O2.